The van der Waals surface area contributed by atoms with Gasteiger partial charge in [0.2, 0.25) is 0 Å². The molecule has 1 fully saturated rings. The van der Waals surface area contributed by atoms with Gasteiger partial charge in [0, 0.05) is 34.7 Å². The highest BCUT2D eigenvalue weighted by Crippen LogP contribution is 2.30. The van der Waals surface area contributed by atoms with Crippen molar-refractivity contribution in [3.63, 3.8) is 0 Å². The highest BCUT2D eigenvalue weighted by molar-refractivity contribution is 7.80. The Hall–Kier alpha value is -3.61. The molecule has 2 heterocycles. The van der Waals surface area contributed by atoms with E-state index in [0.29, 0.717) is 29.0 Å². The Balaban J connectivity index is 1.43. The van der Waals surface area contributed by atoms with Gasteiger partial charge in [-0.1, -0.05) is 48.0 Å². The molecule has 7 heteroatoms. The minimum atomic E-state index is -0.137. The molecule has 4 aromatic rings. The molecule has 0 saturated carbocycles. The summed E-state index contributed by atoms with van der Waals surface area (Å²) in [6.45, 7) is 1.16. The Bertz CT molecular complexity index is 1400. The van der Waals surface area contributed by atoms with Gasteiger partial charge in [-0.05, 0) is 60.8 Å². The van der Waals surface area contributed by atoms with Gasteiger partial charge in [-0.15, -0.1) is 0 Å². The number of amides is 1. The number of halogens is 1. The molecule has 170 valence electrons. The van der Waals surface area contributed by atoms with Gasteiger partial charge >= 0.3 is 0 Å². The number of likely N-dealkylation sites (N-methyl/N-ethyl adjacent to an activating group) is 1. The largest absolute Gasteiger partial charge is 0.492 e. The number of aromatic nitrogens is 1. The Kier molecular flexibility index (Phi) is 6.09. The third-order valence-electron chi connectivity index (χ3n) is 5.80. The van der Waals surface area contributed by atoms with Crippen LogP contribution in [0.1, 0.15) is 5.56 Å². The lowest BCUT2D eigenvalue weighted by molar-refractivity contribution is -0.114. The molecule has 0 aliphatic carbocycles. The highest BCUT2D eigenvalue weighted by atomic mass is 35.5. The first kappa shape index (κ1) is 22.2. The lowest BCUT2D eigenvalue weighted by Crippen LogP contribution is -2.30. The van der Waals surface area contributed by atoms with Gasteiger partial charge in [0.15, 0.2) is 5.11 Å². The number of carbonyl (C=O) groups is 1. The predicted octanol–water partition coefficient (Wildman–Crippen LogP) is 5.98. The average molecular weight is 488 g/mol. The number of para-hydroxylation sites is 2. The number of benzene rings is 3. The SMILES string of the molecule is CN1C(=S)N(c2ccccc2)C(=O)C1=Cc1cn(CCOc2ccc(Cl)cc2)c2ccccc12. The molecule has 1 aromatic heterocycles. The van der Waals surface area contributed by atoms with Crippen LogP contribution in [0.4, 0.5) is 5.69 Å². The van der Waals surface area contributed by atoms with Crippen molar-refractivity contribution >= 4 is 57.5 Å². The molecule has 1 aliphatic rings. The first-order valence-corrected chi connectivity index (χ1v) is 11.7. The standard InChI is InChI=1S/C27H22ClN3O2S/c1-29-25(26(32)31(27(29)34)21-7-3-2-4-8-21)17-19-18-30(24-10-6-5-9-23(19)24)15-16-33-22-13-11-20(28)12-14-22/h2-14,17-18H,15-16H2,1H3. The maximum absolute atomic E-state index is 13.3. The summed E-state index contributed by atoms with van der Waals surface area (Å²) >= 11 is 11.5. The van der Waals surface area contributed by atoms with E-state index in [0.717, 1.165) is 27.9 Å². The van der Waals surface area contributed by atoms with E-state index in [1.807, 2.05) is 79.9 Å². The summed E-state index contributed by atoms with van der Waals surface area (Å²) in [5, 5.41) is 2.20. The van der Waals surface area contributed by atoms with Crippen LogP contribution in [0, 0.1) is 0 Å². The normalized spacial score (nSPS) is 15.1. The van der Waals surface area contributed by atoms with Crippen LogP contribution in [-0.2, 0) is 11.3 Å². The van der Waals surface area contributed by atoms with Crippen molar-refractivity contribution in [2.75, 3.05) is 18.6 Å². The van der Waals surface area contributed by atoms with E-state index in [9.17, 15) is 4.79 Å². The van der Waals surface area contributed by atoms with Crippen molar-refractivity contribution in [2.45, 2.75) is 6.54 Å². The van der Waals surface area contributed by atoms with Crippen LogP contribution in [0.3, 0.4) is 0 Å². The van der Waals surface area contributed by atoms with Crippen molar-refractivity contribution in [1.82, 2.24) is 9.47 Å². The molecule has 34 heavy (non-hydrogen) atoms. The molecule has 0 radical (unpaired) electrons. The van der Waals surface area contributed by atoms with Crippen LogP contribution in [0.15, 0.2) is 90.8 Å². The van der Waals surface area contributed by atoms with Crippen LogP contribution in [0.2, 0.25) is 5.02 Å². The average Bonchev–Trinajstić information content (AvgIpc) is 3.31. The van der Waals surface area contributed by atoms with Gasteiger partial charge in [0.25, 0.3) is 5.91 Å². The molecule has 0 spiro atoms. The van der Waals surface area contributed by atoms with Crippen molar-refractivity contribution < 1.29 is 9.53 Å². The second kappa shape index (κ2) is 9.33. The summed E-state index contributed by atoms with van der Waals surface area (Å²) in [5.41, 5.74) is 3.32. The van der Waals surface area contributed by atoms with E-state index in [4.69, 9.17) is 28.6 Å². The summed E-state index contributed by atoms with van der Waals surface area (Å²) in [7, 11) is 1.83. The maximum atomic E-state index is 13.3. The fourth-order valence-electron chi connectivity index (χ4n) is 4.08. The number of hydrogen-bond acceptors (Lipinski definition) is 3. The number of nitrogens with zero attached hydrogens (tertiary/aromatic N) is 3. The van der Waals surface area contributed by atoms with Gasteiger partial charge in [0.1, 0.15) is 18.1 Å². The second-order valence-electron chi connectivity index (χ2n) is 7.94. The predicted molar refractivity (Wildman–Crippen MR) is 141 cm³/mol. The molecule has 1 saturated heterocycles. The highest BCUT2D eigenvalue weighted by Gasteiger charge is 2.36. The summed E-state index contributed by atoms with van der Waals surface area (Å²) in [5.74, 6) is 0.637. The Morgan fingerprint density at radius 1 is 0.971 bits per heavy atom. The smallest absolute Gasteiger partial charge is 0.281 e. The fraction of sp³-hybridized carbons (Fsp3) is 0.111. The lowest BCUT2D eigenvalue weighted by Gasteiger charge is -2.16. The number of hydrogen-bond donors (Lipinski definition) is 0. The molecule has 0 atom stereocenters. The molecular formula is C27H22ClN3O2S. The minimum Gasteiger partial charge on any atom is -0.492 e. The first-order valence-electron chi connectivity index (χ1n) is 10.9. The van der Waals surface area contributed by atoms with Crippen LogP contribution in [0.25, 0.3) is 17.0 Å². The van der Waals surface area contributed by atoms with E-state index in [1.165, 1.54) is 0 Å². The van der Waals surface area contributed by atoms with Gasteiger partial charge in [-0.2, -0.15) is 0 Å². The summed E-state index contributed by atoms with van der Waals surface area (Å²) < 4.78 is 8.03. The second-order valence-corrected chi connectivity index (χ2v) is 8.75. The summed E-state index contributed by atoms with van der Waals surface area (Å²) in [4.78, 5) is 16.7. The maximum Gasteiger partial charge on any atom is 0.281 e. The zero-order valence-corrected chi connectivity index (χ0v) is 20.1. The van der Waals surface area contributed by atoms with Crippen LogP contribution < -0.4 is 9.64 Å². The van der Waals surface area contributed by atoms with Gasteiger partial charge in [0.05, 0.1) is 12.2 Å². The molecule has 3 aromatic carbocycles. The fourth-order valence-corrected chi connectivity index (χ4v) is 4.49. The van der Waals surface area contributed by atoms with E-state index in [-0.39, 0.29) is 5.91 Å². The van der Waals surface area contributed by atoms with Gasteiger partial charge in [-0.25, -0.2) is 0 Å². The van der Waals surface area contributed by atoms with Gasteiger partial charge < -0.3 is 14.2 Å². The molecule has 5 nitrogen and oxygen atoms in total. The topological polar surface area (TPSA) is 37.7 Å². The number of ether oxygens (including phenoxy) is 1. The van der Waals surface area contributed by atoms with Crippen molar-refractivity contribution in [2.24, 2.45) is 0 Å². The number of fused-ring (bicyclic) bond motifs is 1. The number of anilines is 1. The third kappa shape index (κ3) is 4.18. The van der Waals surface area contributed by atoms with E-state index in [2.05, 4.69) is 22.9 Å². The van der Waals surface area contributed by atoms with E-state index in [1.54, 1.807) is 9.80 Å². The van der Waals surface area contributed by atoms with E-state index < -0.39 is 0 Å². The molecule has 5 rings (SSSR count). The Morgan fingerprint density at radius 2 is 1.68 bits per heavy atom. The van der Waals surface area contributed by atoms with Crippen molar-refractivity contribution in [3.8, 4) is 5.75 Å². The van der Waals surface area contributed by atoms with Crippen molar-refractivity contribution in [3.05, 3.63) is 101 Å². The number of carbonyl (C=O) groups excluding carboxylic acids is 1. The molecule has 0 unspecified atom stereocenters. The minimum absolute atomic E-state index is 0.137. The monoisotopic (exact) mass is 487 g/mol. The van der Waals surface area contributed by atoms with Crippen LogP contribution in [0.5, 0.6) is 5.75 Å². The summed E-state index contributed by atoms with van der Waals surface area (Å²) in [6.07, 6.45) is 3.97. The van der Waals surface area contributed by atoms with E-state index >= 15 is 0 Å². The zero-order valence-electron chi connectivity index (χ0n) is 18.5. The molecule has 0 bridgehead atoms. The Labute approximate surface area is 208 Å². The lowest BCUT2D eigenvalue weighted by atomic mass is 10.1. The number of thiocarbonyl (C=S) groups is 1. The molecule has 1 aliphatic heterocycles. The zero-order chi connectivity index (χ0) is 23.7. The first-order chi connectivity index (χ1) is 16.5. The van der Waals surface area contributed by atoms with Crippen LogP contribution in [-0.4, -0.2) is 34.1 Å². The third-order valence-corrected chi connectivity index (χ3v) is 6.51. The van der Waals surface area contributed by atoms with Crippen LogP contribution >= 0.6 is 23.8 Å². The summed E-state index contributed by atoms with van der Waals surface area (Å²) in [6, 6.07) is 24.9. The Morgan fingerprint density at radius 3 is 2.44 bits per heavy atom. The molecule has 1 amide bonds. The van der Waals surface area contributed by atoms with Gasteiger partial charge in [-0.3, -0.25) is 9.69 Å². The van der Waals surface area contributed by atoms with Crippen molar-refractivity contribution in [1.29, 1.82) is 0 Å². The molecular weight excluding hydrogens is 466 g/mol. The quantitative estimate of drug-likeness (QED) is 0.248. The number of rotatable bonds is 6. The molecule has 0 N–H and O–H groups in total.